The van der Waals surface area contributed by atoms with Gasteiger partial charge in [0.25, 0.3) is 0 Å². The molecule has 3 unspecified atom stereocenters. The third-order valence-corrected chi connectivity index (χ3v) is 6.81. The van der Waals surface area contributed by atoms with Gasteiger partial charge in [-0.3, -0.25) is 9.79 Å². The first kappa shape index (κ1) is 16.2. The average molecular weight is 334 g/mol. The standard InChI is InChI=1S/C18H30N4O2/c1-13(23)21-8-10-22(11-9-21)17(19-2)20-15-14-5-12-24-16(14)18(15)6-3-4-7-18/h14-16H,3-12H2,1-2H3,(H,19,20). The Morgan fingerprint density at radius 2 is 1.83 bits per heavy atom. The van der Waals surface area contributed by atoms with E-state index in [-0.39, 0.29) is 5.91 Å². The SMILES string of the molecule is CN=C(NC1C2CCOC2C12CCCC2)N1CCN(C(C)=O)CC1. The quantitative estimate of drug-likeness (QED) is 0.576. The normalized spacial score (nSPS) is 35.1. The van der Waals surface area contributed by atoms with Crippen molar-refractivity contribution < 1.29 is 9.53 Å². The summed E-state index contributed by atoms with van der Waals surface area (Å²) in [7, 11) is 1.88. The zero-order chi connectivity index (χ0) is 16.7. The number of hydrogen-bond donors (Lipinski definition) is 1. The highest BCUT2D eigenvalue weighted by Gasteiger charge is 2.65. The molecule has 6 nitrogen and oxygen atoms in total. The second-order valence-corrected chi connectivity index (χ2v) is 7.85. The molecule has 0 bridgehead atoms. The van der Waals surface area contributed by atoms with Crippen molar-refractivity contribution in [2.75, 3.05) is 39.8 Å². The van der Waals surface area contributed by atoms with Crippen molar-refractivity contribution in [2.24, 2.45) is 16.3 Å². The Balaban J connectivity index is 1.43. The molecule has 3 atom stereocenters. The number of amides is 1. The van der Waals surface area contributed by atoms with Crippen LogP contribution in [-0.2, 0) is 9.53 Å². The van der Waals surface area contributed by atoms with Gasteiger partial charge >= 0.3 is 0 Å². The van der Waals surface area contributed by atoms with Crippen LogP contribution in [0.3, 0.4) is 0 Å². The van der Waals surface area contributed by atoms with Crippen LogP contribution in [0.5, 0.6) is 0 Å². The first-order chi connectivity index (χ1) is 11.7. The molecule has 1 N–H and O–H groups in total. The highest BCUT2D eigenvalue weighted by molar-refractivity contribution is 5.81. The largest absolute Gasteiger partial charge is 0.377 e. The molecule has 4 rings (SSSR count). The minimum absolute atomic E-state index is 0.174. The molecule has 1 spiro atoms. The fourth-order valence-corrected chi connectivity index (χ4v) is 5.57. The van der Waals surface area contributed by atoms with Crippen molar-refractivity contribution >= 4 is 11.9 Å². The fraction of sp³-hybridized carbons (Fsp3) is 0.889. The average Bonchev–Trinajstić information content (AvgIpc) is 3.24. The molecule has 134 valence electrons. The molecule has 2 saturated carbocycles. The third-order valence-electron chi connectivity index (χ3n) is 6.81. The van der Waals surface area contributed by atoms with Crippen molar-refractivity contribution in [2.45, 2.75) is 51.2 Å². The molecule has 0 aromatic heterocycles. The number of hydrogen-bond acceptors (Lipinski definition) is 3. The van der Waals surface area contributed by atoms with Crippen molar-refractivity contribution in [1.29, 1.82) is 0 Å². The van der Waals surface area contributed by atoms with Crippen LogP contribution >= 0.6 is 0 Å². The van der Waals surface area contributed by atoms with Crippen LogP contribution in [0.15, 0.2) is 4.99 Å². The van der Waals surface area contributed by atoms with E-state index in [1.807, 2.05) is 11.9 Å². The number of rotatable bonds is 1. The third kappa shape index (κ3) is 2.41. The molecule has 0 aromatic rings. The van der Waals surface area contributed by atoms with Gasteiger partial charge < -0.3 is 19.9 Å². The van der Waals surface area contributed by atoms with Crippen LogP contribution in [0.1, 0.15) is 39.0 Å². The van der Waals surface area contributed by atoms with Crippen LogP contribution < -0.4 is 5.32 Å². The maximum absolute atomic E-state index is 11.5. The van der Waals surface area contributed by atoms with E-state index < -0.39 is 0 Å². The maximum atomic E-state index is 11.5. The highest BCUT2D eigenvalue weighted by atomic mass is 16.5. The number of fused-ring (bicyclic) bond motifs is 2. The van der Waals surface area contributed by atoms with Gasteiger partial charge in [0.15, 0.2) is 5.96 Å². The van der Waals surface area contributed by atoms with Crippen molar-refractivity contribution in [3.05, 3.63) is 0 Å². The molecule has 1 amide bonds. The van der Waals surface area contributed by atoms with Gasteiger partial charge in [0.1, 0.15) is 0 Å². The van der Waals surface area contributed by atoms with E-state index in [2.05, 4.69) is 15.2 Å². The second-order valence-electron chi connectivity index (χ2n) is 7.85. The minimum Gasteiger partial charge on any atom is -0.377 e. The van der Waals surface area contributed by atoms with Crippen molar-refractivity contribution in [3.8, 4) is 0 Å². The molecular formula is C18H30N4O2. The number of ether oxygens (including phenoxy) is 1. The smallest absolute Gasteiger partial charge is 0.219 e. The lowest BCUT2D eigenvalue weighted by Crippen LogP contribution is -2.70. The summed E-state index contributed by atoms with van der Waals surface area (Å²) in [4.78, 5) is 20.3. The molecule has 4 fully saturated rings. The number of piperazine rings is 1. The van der Waals surface area contributed by atoms with Gasteiger partial charge in [-0.2, -0.15) is 0 Å². The predicted molar refractivity (Wildman–Crippen MR) is 92.9 cm³/mol. The monoisotopic (exact) mass is 334 g/mol. The van der Waals surface area contributed by atoms with E-state index in [9.17, 15) is 4.79 Å². The van der Waals surface area contributed by atoms with Crippen LogP contribution in [0.25, 0.3) is 0 Å². The lowest BCUT2D eigenvalue weighted by Gasteiger charge is -2.57. The molecular weight excluding hydrogens is 304 g/mol. The summed E-state index contributed by atoms with van der Waals surface area (Å²) in [5.41, 5.74) is 0.346. The zero-order valence-corrected chi connectivity index (χ0v) is 15.0. The van der Waals surface area contributed by atoms with Crippen LogP contribution in [0.2, 0.25) is 0 Å². The Kier molecular flexibility index (Phi) is 4.19. The lowest BCUT2D eigenvalue weighted by atomic mass is 9.54. The van der Waals surface area contributed by atoms with Gasteiger partial charge in [-0.25, -0.2) is 0 Å². The topological polar surface area (TPSA) is 57.2 Å². The van der Waals surface area contributed by atoms with Gasteiger partial charge in [-0.15, -0.1) is 0 Å². The summed E-state index contributed by atoms with van der Waals surface area (Å²) in [5, 5.41) is 3.81. The summed E-state index contributed by atoms with van der Waals surface area (Å²) in [5.74, 6) is 1.84. The van der Waals surface area contributed by atoms with Gasteiger partial charge in [-0.1, -0.05) is 12.8 Å². The van der Waals surface area contributed by atoms with E-state index in [1.165, 1.54) is 32.1 Å². The molecule has 2 heterocycles. The van der Waals surface area contributed by atoms with Gasteiger partial charge in [0.2, 0.25) is 5.91 Å². The van der Waals surface area contributed by atoms with E-state index in [1.54, 1.807) is 6.92 Å². The molecule has 24 heavy (non-hydrogen) atoms. The number of nitrogens with one attached hydrogen (secondary N) is 1. The number of nitrogens with zero attached hydrogens (tertiary/aromatic N) is 3. The molecule has 6 heteroatoms. The first-order valence-electron chi connectivity index (χ1n) is 9.51. The summed E-state index contributed by atoms with van der Waals surface area (Å²) in [6, 6.07) is 0.511. The Morgan fingerprint density at radius 3 is 2.46 bits per heavy atom. The number of carbonyl (C=O) groups excluding carboxylic acids is 1. The summed E-state index contributed by atoms with van der Waals surface area (Å²) >= 11 is 0. The van der Waals surface area contributed by atoms with Gasteiger partial charge in [0, 0.05) is 64.1 Å². The number of carbonyl (C=O) groups is 1. The maximum Gasteiger partial charge on any atom is 0.219 e. The Labute approximate surface area is 144 Å². The molecule has 2 aliphatic carbocycles. The molecule has 2 saturated heterocycles. The fourth-order valence-electron chi connectivity index (χ4n) is 5.57. The number of aliphatic imine (C=N–C) groups is 1. The van der Waals surface area contributed by atoms with E-state index in [0.29, 0.717) is 23.5 Å². The Bertz CT molecular complexity index is 521. The molecule has 2 aliphatic heterocycles. The first-order valence-corrected chi connectivity index (χ1v) is 9.51. The van der Waals surface area contributed by atoms with E-state index in [4.69, 9.17) is 4.74 Å². The van der Waals surface area contributed by atoms with Gasteiger partial charge in [-0.05, 0) is 19.3 Å². The van der Waals surface area contributed by atoms with Crippen LogP contribution in [0, 0.1) is 11.3 Å². The predicted octanol–water partition coefficient (Wildman–Crippen LogP) is 1.07. The Morgan fingerprint density at radius 1 is 1.17 bits per heavy atom. The summed E-state index contributed by atoms with van der Waals surface area (Å²) in [6.07, 6.45) is 6.91. The summed E-state index contributed by atoms with van der Waals surface area (Å²) < 4.78 is 6.08. The molecule has 4 aliphatic rings. The van der Waals surface area contributed by atoms with E-state index >= 15 is 0 Å². The minimum atomic E-state index is 0.174. The van der Waals surface area contributed by atoms with Crippen molar-refractivity contribution in [3.63, 3.8) is 0 Å². The second kappa shape index (κ2) is 6.21. The zero-order valence-electron chi connectivity index (χ0n) is 15.0. The van der Waals surface area contributed by atoms with Crippen molar-refractivity contribution in [1.82, 2.24) is 15.1 Å². The number of guanidine groups is 1. The molecule has 0 aromatic carbocycles. The van der Waals surface area contributed by atoms with Crippen LogP contribution in [-0.4, -0.2) is 73.6 Å². The summed E-state index contributed by atoms with van der Waals surface area (Å²) in [6.45, 7) is 5.89. The van der Waals surface area contributed by atoms with E-state index in [0.717, 1.165) is 38.7 Å². The lowest BCUT2D eigenvalue weighted by molar-refractivity contribution is -0.130. The van der Waals surface area contributed by atoms with Gasteiger partial charge in [0.05, 0.1) is 6.10 Å². The highest BCUT2D eigenvalue weighted by Crippen LogP contribution is 2.60. The van der Waals surface area contributed by atoms with Crippen LogP contribution in [0.4, 0.5) is 0 Å². The molecule has 0 radical (unpaired) electrons. The Hall–Kier alpha value is -1.30.